The first-order chi connectivity index (χ1) is 12.0. The fourth-order valence-electron chi connectivity index (χ4n) is 3.30. The van der Waals surface area contributed by atoms with Gasteiger partial charge in [0.25, 0.3) is 0 Å². The normalized spacial score (nSPS) is 15.8. The molecule has 1 heterocycles. The van der Waals surface area contributed by atoms with Crippen molar-refractivity contribution in [1.29, 1.82) is 0 Å². The zero-order chi connectivity index (χ0) is 17.9. The molecule has 2 aromatic rings. The Bertz CT molecular complexity index is 756. The van der Waals surface area contributed by atoms with Crippen LogP contribution in [0.1, 0.15) is 47.6 Å². The zero-order valence-electron chi connectivity index (χ0n) is 13.9. The Morgan fingerprint density at radius 3 is 2.44 bits per heavy atom. The molecule has 0 N–H and O–H groups in total. The van der Waals surface area contributed by atoms with Gasteiger partial charge in [-0.25, -0.2) is 4.79 Å². The van der Waals surface area contributed by atoms with Crippen LogP contribution < -0.4 is 0 Å². The van der Waals surface area contributed by atoms with E-state index in [1.54, 1.807) is 18.2 Å². The van der Waals surface area contributed by atoms with Gasteiger partial charge in [0.05, 0.1) is 12.5 Å². The average molecular weight is 363 g/mol. The smallest absolute Gasteiger partial charge is 0.373 e. The van der Waals surface area contributed by atoms with Crippen molar-refractivity contribution in [2.75, 3.05) is 7.11 Å². The van der Waals surface area contributed by atoms with Crippen molar-refractivity contribution in [1.82, 2.24) is 0 Å². The van der Waals surface area contributed by atoms with E-state index in [0.717, 1.165) is 31.2 Å². The molecule has 0 amide bonds. The maximum atomic E-state index is 12.8. The molecule has 0 bridgehead atoms. The van der Waals surface area contributed by atoms with E-state index < -0.39 is 11.4 Å². The SMILES string of the molecule is COC(=O)c1ccc(COC(=O)C2(c3ccc(Cl)cc3)CCCC2)o1. The van der Waals surface area contributed by atoms with Gasteiger partial charge in [0.1, 0.15) is 12.4 Å². The Labute approximate surface area is 150 Å². The minimum absolute atomic E-state index is 0.0227. The summed E-state index contributed by atoms with van der Waals surface area (Å²) >= 11 is 5.96. The van der Waals surface area contributed by atoms with Gasteiger partial charge in [0.2, 0.25) is 5.76 Å². The number of rotatable bonds is 5. The van der Waals surface area contributed by atoms with Crippen molar-refractivity contribution in [2.45, 2.75) is 37.7 Å². The quantitative estimate of drug-likeness (QED) is 0.743. The molecule has 1 aromatic carbocycles. The van der Waals surface area contributed by atoms with Crippen molar-refractivity contribution >= 4 is 23.5 Å². The van der Waals surface area contributed by atoms with Gasteiger partial charge >= 0.3 is 11.9 Å². The molecule has 3 rings (SSSR count). The van der Waals surface area contributed by atoms with Crippen molar-refractivity contribution in [2.24, 2.45) is 0 Å². The van der Waals surface area contributed by atoms with Crippen molar-refractivity contribution in [3.8, 4) is 0 Å². The Balaban J connectivity index is 1.72. The lowest BCUT2D eigenvalue weighted by molar-refractivity contribution is -0.152. The molecule has 1 aliphatic carbocycles. The monoisotopic (exact) mass is 362 g/mol. The van der Waals surface area contributed by atoms with Gasteiger partial charge in [-0.15, -0.1) is 0 Å². The van der Waals surface area contributed by atoms with E-state index in [4.69, 9.17) is 20.8 Å². The molecule has 0 radical (unpaired) electrons. The number of methoxy groups -OCH3 is 1. The predicted octanol–water partition coefficient (Wildman–Crippen LogP) is 4.27. The van der Waals surface area contributed by atoms with Crippen LogP contribution in [-0.4, -0.2) is 19.0 Å². The Hall–Kier alpha value is -2.27. The largest absolute Gasteiger partial charge is 0.463 e. The van der Waals surface area contributed by atoms with Gasteiger partial charge in [-0.3, -0.25) is 4.79 Å². The standard InChI is InChI=1S/C19H19ClO5/c1-23-17(21)16-9-8-15(25-16)12-24-18(22)19(10-2-3-11-19)13-4-6-14(20)7-5-13/h4-9H,2-3,10-12H2,1H3. The number of esters is 2. The molecule has 1 aliphatic rings. The lowest BCUT2D eigenvalue weighted by Gasteiger charge is -2.27. The van der Waals surface area contributed by atoms with Gasteiger partial charge in [-0.2, -0.15) is 0 Å². The molecular formula is C19H19ClO5. The average Bonchev–Trinajstić information content (AvgIpc) is 3.30. The second-order valence-corrected chi connectivity index (χ2v) is 6.57. The molecule has 0 unspecified atom stereocenters. The molecule has 0 saturated heterocycles. The molecule has 0 aliphatic heterocycles. The molecule has 5 nitrogen and oxygen atoms in total. The highest BCUT2D eigenvalue weighted by Gasteiger charge is 2.44. The molecular weight excluding hydrogens is 344 g/mol. The Kier molecular flexibility index (Phi) is 5.13. The van der Waals surface area contributed by atoms with E-state index >= 15 is 0 Å². The number of furan rings is 1. The van der Waals surface area contributed by atoms with E-state index in [9.17, 15) is 9.59 Å². The summed E-state index contributed by atoms with van der Waals surface area (Å²) in [4.78, 5) is 24.2. The van der Waals surface area contributed by atoms with Crippen LogP contribution in [0.4, 0.5) is 0 Å². The van der Waals surface area contributed by atoms with E-state index in [-0.39, 0.29) is 18.3 Å². The highest BCUT2D eigenvalue weighted by Crippen LogP contribution is 2.42. The third-order valence-electron chi connectivity index (χ3n) is 4.64. The van der Waals surface area contributed by atoms with Crippen molar-refractivity contribution in [3.05, 3.63) is 58.5 Å². The molecule has 0 atom stereocenters. The summed E-state index contributed by atoms with van der Waals surface area (Å²) in [6, 6.07) is 10.5. The lowest BCUT2D eigenvalue weighted by Crippen LogP contribution is -2.34. The highest BCUT2D eigenvalue weighted by molar-refractivity contribution is 6.30. The second kappa shape index (κ2) is 7.31. The molecule has 6 heteroatoms. The van der Waals surface area contributed by atoms with Crippen LogP contribution in [0.15, 0.2) is 40.8 Å². The van der Waals surface area contributed by atoms with E-state index in [0.29, 0.717) is 10.8 Å². The number of benzene rings is 1. The first-order valence-corrected chi connectivity index (χ1v) is 8.53. The third kappa shape index (κ3) is 3.56. The van der Waals surface area contributed by atoms with E-state index in [2.05, 4.69) is 4.74 Å². The molecule has 132 valence electrons. The Morgan fingerprint density at radius 1 is 1.12 bits per heavy atom. The van der Waals surface area contributed by atoms with E-state index in [1.165, 1.54) is 13.2 Å². The summed E-state index contributed by atoms with van der Waals surface area (Å²) in [5, 5.41) is 0.635. The van der Waals surface area contributed by atoms with Crippen LogP contribution in [0.25, 0.3) is 0 Å². The van der Waals surface area contributed by atoms with Gasteiger partial charge in [0, 0.05) is 5.02 Å². The van der Waals surface area contributed by atoms with Gasteiger partial charge in [0.15, 0.2) is 0 Å². The second-order valence-electron chi connectivity index (χ2n) is 6.13. The van der Waals surface area contributed by atoms with Crippen LogP contribution in [-0.2, 0) is 26.3 Å². The van der Waals surface area contributed by atoms with Crippen LogP contribution >= 0.6 is 11.6 Å². The van der Waals surface area contributed by atoms with Gasteiger partial charge in [-0.05, 0) is 42.7 Å². The summed E-state index contributed by atoms with van der Waals surface area (Å²) in [6.07, 6.45) is 3.45. The fraction of sp³-hybridized carbons (Fsp3) is 0.368. The minimum Gasteiger partial charge on any atom is -0.463 e. The Morgan fingerprint density at radius 2 is 1.80 bits per heavy atom. The number of ether oxygens (including phenoxy) is 2. The molecule has 1 saturated carbocycles. The fourth-order valence-corrected chi connectivity index (χ4v) is 3.42. The first kappa shape index (κ1) is 17.5. The highest BCUT2D eigenvalue weighted by atomic mass is 35.5. The number of hydrogen-bond donors (Lipinski definition) is 0. The van der Waals surface area contributed by atoms with Crippen LogP contribution in [0, 0.1) is 0 Å². The maximum absolute atomic E-state index is 12.8. The topological polar surface area (TPSA) is 65.7 Å². The summed E-state index contributed by atoms with van der Waals surface area (Å²) in [6.45, 7) is -0.0227. The molecule has 1 aromatic heterocycles. The number of halogens is 1. The number of hydrogen-bond acceptors (Lipinski definition) is 5. The minimum atomic E-state index is -0.637. The molecule has 25 heavy (non-hydrogen) atoms. The number of carbonyl (C=O) groups is 2. The van der Waals surface area contributed by atoms with Gasteiger partial charge < -0.3 is 13.9 Å². The number of carbonyl (C=O) groups excluding carboxylic acids is 2. The van der Waals surface area contributed by atoms with Crippen molar-refractivity contribution < 1.29 is 23.5 Å². The van der Waals surface area contributed by atoms with E-state index in [1.807, 2.05) is 12.1 Å². The summed E-state index contributed by atoms with van der Waals surface area (Å²) in [7, 11) is 1.28. The summed E-state index contributed by atoms with van der Waals surface area (Å²) in [5.41, 5.74) is 0.289. The molecule has 1 fully saturated rings. The van der Waals surface area contributed by atoms with Crippen molar-refractivity contribution in [3.63, 3.8) is 0 Å². The zero-order valence-corrected chi connectivity index (χ0v) is 14.7. The predicted molar refractivity (Wildman–Crippen MR) is 91.4 cm³/mol. The van der Waals surface area contributed by atoms with Crippen LogP contribution in [0.2, 0.25) is 5.02 Å². The van der Waals surface area contributed by atoms with Gasteiger partial charge in [-0.1, -0.05) is 36.6 Å². The maximum Gasteiger partial charge on any atom is 0.373 e. The molecule has 0 spiro atoms. The summed E-state index contributed by atoms with van der Waals surface area (Å²) < 4.78 is 15.4. The van der Waals surface area contributed by atoms with Crippen LogP contribution in [0.5, 0.6) is 0 Å². The lowest BCUT2D eigenvalue weighted by atomic mass is 9.79. The first-order valence-electron chi connectivity index (χ1n) is 8.15. The summed E-state index contributed by atoms with van der Waals surface area (Å²) in [5.74, 6) is -0.353. The third-order valence-corrected chi connectivity index (χ3v) is 4.89. The van der Waals surface area contributed by atoms with Crippen LogP contribution in [0.3, 0.4) is 0 Å².